The second kappa shape index (κ2) is 5.87. The lowest BCUT2D eigenvalue weighted by Crippen LogP contribution is -2.54. The first-order valence-electron chi connectivity index (χ1n) is 10.2. The normalized spacial score (nSPS) is 36.1. The van der Waals surface area contributed by atoms with E-state index in [0.717, 1.165) is 17.8 Å². The summed E-state index contributed by atoms with van der Waals surface area (Å²) in [5.41, 5.74) is 2.78. The van der Waals surface area contributed by atoms with Crippen molar-refractivity contribution in [3.05, 3.63) is 35.4 Å². The third-order valence-corrected chi connectivity index (χ3v) is 7.24. The van der Waals surface area contributed by atoms with E-state index in [1.807, 2.05) is 0 Å². The molecule has 0 radical (unpaired) electrons. The Morgan fingerprint density at radius 3 is 1.96 bits per heavy atom. The van der Waals surface area contributed by atoms with Gasteiger partial charge in [0.25, 0.3) is 0 Å². The molecule has 0 heterocycles. The highest BCUT2D eigenvalue weighted by atomic mass is 16.5. The lowest BCUT2D eigenvalue weighted by molar-refractivity contribution is -0.219. The van der Waals surface area contributed by atoms with Crippen LogP contribution in [0.4, 0.5) is 0 Å². The highest BCUT2D eigenvalue weighted by molar-refractivity contribution is 5.28. The first kappa shape index (κ1) is 16.6. The van der Waals surface area contributed by atoms with Crippen molar-refractivity contribution in [2.45, 2.75) is 89.8 Å². The van der Waals surface area contributed by atoms with Gasteiger partial charge < -0.3 is 4.74 Å². The van der Waals surface area contributed by atoms with Crippen LogP contribution in [-0.2, 0) is 10.3 Å². The topological polar surface area (TPSA) is 9.23 Å². The van der Waals surface area contributed by atoms with E-state index in [2.05, 4.69) is 52.0 Å². The van der Waals surface area contributed by atoms with Gasteiger partial charge in [-0.25, -0.2) is 0 Å². The zero-order valence-corrected chi connectivity index (χ0v) is 16.0. The third kappa shape index (κ3) is 2.94. The van der Waals surface area contributed by atoms with Crippen LogP contribution >= 0.6 is 0 Å². The maximum absolute atomic E-state index is 6.95. The summed E-state index contributed by atoms with van der Waals surface area (Å²) >= 11 is 0. The van der Waals surface area contributed by atoms with E-state index < -0.39 is 0 Å². The SMILES string of the molecule is CCC(C)c1ccc(C(C)(C)OC23CC4CC(CC(C4)C2)C3)cc1. The lowest BCUT2D eigenvalue weighted by atomic mass is 9.54. The molecule has 1 unspecified atom stereocenters. The quantitative estimate of drug-likeness (QED) is 0.606. The van der Waals surface area contributed by atoms with Crippen molar-refractivity contribution in [1.82, 2.24) is 0 Å². The molecule has 4 bridgehead atoms. The van der Waals surface area contributed by atoms with E-state index in [-0.39, 0.29) is 11.2 Å². The molecular formula is C23H34O. The fraction of sp³-hybridized carbons (Fsp3) is 0.739. The average molecular weight is 327 g/mol. The fourth-order valence-corrected chi connectivity index (χ4v) is 6.21. The number of benzene rings is 1. The molecular weight excluding hydrogens is 292 g/mol. The summed E-state index contributed by atoms with van der Waals surface area (Å²) in [6.45, 7) is 9.14. The van der Waals surface area contributed by atoms with Gasteiger partial charge in [0.05, 0.1) is 11.2 Å². The van der Waals surface area contributed by atoms with Gasteiger partial charge in [-0.15, -0.1) is 0 Å². The van der Waals surface area contributed by atoms with E-state index in [1.54, 1.807) is 0 Å². The molecule has 1 aromatic carbocycles. The van der Waals surface area contributed by atoms with Crippen LogP contribution in [0.15, 0.2) is 24.3 Å². The molecule has 1 aromatic rings. The predicted octanol–water partition coefficient (Wildman–Crippen LogP) is 6.42. The minimum absolute atomic E-state index is 0.174. The smallest absolute Gasteiger partial charge is 0.0882 e. The molecule has 0 aromatic heterocycles. The first-order valence-corrected chi connectivity index (χ1v) is 10.2. The van der Waals surface area contributed by atoms with E-state index in [0.29, 0.717) is 5.92 Å². The Morgan fingerprint density at radius 2 is 1.50 bits per heavy atom. The Hall–Kier alpha value is -0.820. The van der Waals surface area contributed by atoms with Gasteiger partial charge in [-0.3, -0.25) is 0 Å². The summed E-state index contributed by atoms with van der Waals surface area (Å²) in [5.74, 6) is 3.48. The monoisotopic (exact) mass is 326 g/mol. The summed E-state index contributed by atoms with van der Waals surface area (Å²) in [7, 11) is 0. The van der Waals surface area contributed by atoms with Crippen molar-refractivity contribution in [2.75, 3.05) is 0 Å². The summed E-state index contributed by atoms with van der Waals surface area (Å²) in [6.07, 6.45) is 9.58. The molecule has 4 saturated carbocycles. The van der Waals surface area contributed by atoms with Crippen molar-refractivity contribution in [3.63, 3.8) is 0 Å². The van der Waals surface area contributed by atoms with E-state index >= 15 is 0 Å². The molecule has 0 aliphatic heterocycles. The molecule has 1 heteroatoms. The molecule has 4 aliphatic rings. The molecule has 0 saturated heterocycles. The second-order valence-electron chi connectivity index (χ2n) is 9.64. The van der Waals surface area contributed by atoms with E-state index in [1.165, 1.54) is 56.1 Å². The first-order chi connectivity index (χ1) is 11.4. The molecule has 0 amide bonds. The van der Waals surface area contributed by atoms with Gasteiger partial charge in [0, 0.05) is 0 Å². The van der Waals surface area contributed by atoms with Gasteiger partial charge >= 0.3 is 0 Å². The standard InChI is InChI=1S/C23H34O/c1-5-16(2)20-6-8-21(9-7-20)22(3,4)24-23-13-17-10-18(14-23)12-19(11-17)15-23/h6-9,16-19H,5,10-15H2,1-4H3. The maximum Gasteiger partial charge on any atom is 0.0882 e. The zero-order valence-electron chi connectivity index (χ0n) is 16.0. The zero-order chi connectivity index (χ0) is 16.9. The van der Waals surface area contributed by atoms with Crippen LogP contribution in [-0.4, -0.2) is 5.60 Å². The molecule has 1 nitrogen and oxygen atoms in total. The van der Waals surface area contributed by atoms with Gasteiger partial charge in [-0.1, -0.05) is 38.1 Å². The van der Waals surface area contributed by atoms with Crippen LogP contribution in [0.1, 0.15) is 89.7 Å². The van der Waals surface area contributed by atoms with Crippen LogP contribution < -0.4 is 0 Å². The van der Waals surface area contributed by atoms with Gasteiger partial charge in [-0.2, -0.15) is 0 Å². The van der Waals surface area contributed by atoms with Crippen molar-refractivity contribution in [1.29, 1.82) is 0 Å². The van der Waals surface area contributed by atoms with E-state index in [9.17, 15) is 0 Å². The molecule has 4 fully saturated rings. The van der Waals surface area contributed by atoms with Gasteiger partial charge in [0.1, 0.15) is 0 Å². The highest BCUT2D eigenvalue weighted by Crippen LogP contribution is 2.58. The summed E-state index contributed by atoms with van der Waals surface area (Å²) in [4.78, 5) is 0. The average Bonchev–Trinajstić information content (AvgIpc) is 2.52. The molecule has 0 spiro atoms. The maximum atomic E-state index is 6.95. The van der Waals surface area contributed by atoms with Crippen LogP contribution in [0.5, 0.6) is 0 Å². The number of rotatable bonds is 5. The van der Waals surface area contributed by atoms with Crippen molar-refractivity contribution in [3.8, 4) is 0 Å². The minimum Gasteiger partial charge on any atom is -0.364 e. The molecule has 4 aliphatic carbocycles. The van der Waals surface area contributed by atoms with Crippen LogP contribution in [0, 0.1) is 17.8 Å². The highest BCUT2D eigenvalue weighted by Gasteiger charge is 2.53. The van der Waals surface area contributed by atoms with Crippen LogP contribution in [0.3, 0.4) is 0 Å². The lowest BCUT2D eigenvalue weighted by Gasteiger charge is -2.58. The summed E-state index contributed by atoms with van der Waals surface area (Å²) in [6, 6.07) is 9.24. The van der Waals surface area contributed by atoms with Crippen molar-refractivity contribution < 1.29 is 4.74 Å². The molecule has 132 valence electrons. The second-order valence-corrected chi connectivity index (χ2v) is 9.64. The Balaban J connectivity index is 1.53. The van der Waals surface area contributed by atoms with Crippen molar-refractivity contribution >= 4 is 0 Å². The van der Waals surface area contributed by atoms with Gasteiger partial charge in [0.2, 0.25) is 0 Å². The Morgan fingerprint density at radius 1 is 1.00 bits per heavy atom. The van der Waals surface area contributed by atoms with Crippen LogP contribution in [0.25, 0.3) is 0 Å². The van der Waals surface area contributed by atoms with Gasteiger partial charge in [0.15, 0.2) is 0 Å². The Labute approximate surface area is 148 Å². The number of hydrogen-bond donors (Lipinski definition) is 0. The number of hydrogen-bond acceptors (Lipinski definition) is 1. The molecule has 1 atom stereocenters. The Bertz CT molecular complexity index is 547. The van der Waals surface area contributed by atoms with Crippen molar-refractivity contribution in [2.24, 2.45) is 17.8 Å². The summed E-state index contributed by atoms with van der Waals surface area (Å²) < 4.78 is 6.95. The minimum atomic E-state index is -0.181. The predicted molar refractivity (Wildman–Crippen MR) is 100 cm³/mol. The van der Waals surface area contributed by atoms with Crippen LogP contribution in [0.2, 0.25) is 0 Å². The molecule has 0 N–H and O–H groups in total. The summed E-state index contributed by atoms with van der Waals surface area (Å²) in [5, 5.41) is 0. The Kier molecular flexibility index (Phi) is 4.07. The third-order valence-electron chi connectivity index (χ3n) is 7.24. The number of ether oxygens (including phenoxy) is 1. The van der Waals surface area contributed by atoms with E-state index in [4.69, 9.17) is 4.74 Å². The molecule has 5 rings (SSSR count). The fourth-order valence-electron chi connectivity index (χ4n) is 6.21. The molecule has 24 heavy (non-hydrogen) atoms. The largest absolute Gasteiger partial charge is 0.364 e. The van der Waals surface area contributed by atoms with Gasteiger partial charge in [-0.05, 0) is 93.6 Å².